The van der Waals surface area contributed by atoms with Crippen molar-refractivity contribution >= 4 is 11.8 Å². The molecular weight excluding hydrogens is 204 g/mol. The third kappa shape index (κ3) is 3.22. The molecule has 0 saturated carbocycles. The van der Waals surface area contributed by atoms with Gasteiger partial charge in [-0.05, 0) is 25.7 Å². The van der Waals surface area contributed by atoms with Crippen molar-refractivity contribution in [1.29, 1.82) is 0 Å². The highest BCUT2D eigenvalue weighted by Gasteiger charge is 2.30. The molecule has 4 nitrogen and oxygen atoms in total. The zero-order chi connectivity index (χ0) is 12.2. The Labute approximate surface area is 97.2 Å². The summed E-state index contributed by atoms with van der Waals surface area (Å²) in [6.07, 6.45) is 3.50. The SMILES string of the molecule is CCC(C)(C)C(=O)N[C@H]1CCCCNC1=O. The lowest BCUT2D eigenvalue weighted by molar-refractivity contribution is -0.134. The van der Waals surface area contributed by atoms with Gasteiger partial charge in [0.05, 0.1) is 0 Å². The van der Waals surface area contributed by atoms with Gasteiger partial charge in [-0.1, -0.05) is 20.8 Å². The molecule has 1 aliphatic rings. The van der Waals surface area contributed by atoms with Gasteiger partial charge >= 0.3 is 0 Å². The molecule has 0 aromatic heterocycles. The monoisotopic (exact) mass is 226 g/mol. The minimum atomic E-state index is -0.396. The van der Waals surface area contributed by atoms with E-state index in [2.05, 4.69) is 10.6 Å². The molecule has 92 valence electrons. The molecule has 0 aromatic rings. The molecule has 0 aromatic carbocycles. The van der Waals surface area contributed by atoms with Gasteiger partial charge in [0.25, 0.3) is 0 Å². The predicted octanol–water partition coefficient (Wildman–Crippen LogP) is 1.21. The molecule has 4 heteroatoms. The van der Waals surface area contributed by atoms with Crippen molar-refractivity contribution in [3.8, 4) is 0 Å². The lowest BCUT2D eigenvalue weighted by Crippen LogP contribution is -2.49. The Morgan fingerprint density at radius 2 is 2.19 bits per heavy atom. The number of hydrogen-bond donors (Lipinski definition) is 2. The number of carbonyl (C=O) groups excluding carboxylic acids is 2. The highest BCUT2D eigenvalue weighted by Crippen LogP contribution is 2.20. The Morgan fingerprint density at radius 3 is 2.81 bits per heavy atom. The van der Waals surface area contributed by atoms with E-state index in [0.717, 1.165) is 32.2 Å². The summed E-state index contributed by atoms with van der Waals surface area (Å²) in [6.45, 7) is 6.50. The van der Waals surface area contributed by atoms with Crippen LogP contribution in [0.25, 0.3) is 0 Å². The second kappa shape index (κ2) is 5.32. The number of nitrogens with one attached hydrogen (secondary N) is 2. The molecule has 0 bridgehead atoms. The Morgan fingerprint density at radius 1 is 1.50 bits per heavy atom. The summed E-state index contributed by atoms with van der Waals surface area (Å²) in [4.78, 5) is 23.6. The molecule has 1 aliphatic heterocycles. The molecule has 0 spiro atoms. The van der Waals surface area contributed by atoms with E-state index in [4.69, 9.17) is 0 Å². The van der Waals surface area contributed by atoms with E-state index in [9.17, 15) is 9.59 Å². The average Bonchev–Trinajstić information content (AvgIpc) is 2.44. The van der Waals surface area contributed by atoms with E-state index in [-0.39, 0.29) is 17.9 Å². The fourth-order valence-corrected chi connectivity index (χ4v) is 1.59. The van der Waals surface area contributed by atoms with E-state index in [1.165, 1.54) is 0 Å². The van der Waals surface area contributed by atoms with Gasteiger partial charge in [-0.3, -0.25) is 9.59 Å². The molecule has 0 radical (unpaired) electrons. The Bertz CT molecular complexity index is 274. The van der Waals surface area contributed by atoms with Crippen LogP contribution in [0.1, 0.15) is 46.5 Å². The van der Waals surface area contributed by atoms with Gasteiger partial charge in [-0.2, -0.15) is 0 Å². The van der Waals surface area contributed by atoms with Crippen LogP contribution < -0.4 is 10.6 Å². The van der Waals surface area contributed by atoms with E-state index in [1.54, 1.807) is 0 Å². The quantitative estimate of drug-likeness (QED) is 0.760. The van der Waals surface area contributed by atoms with Gasteiger partial charge in [0, 0.05) is 12.0 Å². The smallest absolute Gasteiger partial charge is 0.242 e. The first-order chi connectivity index (χ1) is 7.47. The summed E-state index contributed by atoms with van der Waals surface area (Å²) in [5.74, 6) is -0.0743. The summed E-state index contributed by atoms with van der Waals surface area (Å²) in [5.41, 5.74) is -0.396. The minimum Gasteiger partial charge on any atom is -0.354 e. The first-order valence-corrected chi connectivity index (χ1v) is 6.06. The number of hydrogen-bond acceptors (Lipinski definition) is 2. The zero-order valence-electron chi connectivity index (χ0n) is 10.4. The molecule has 0 unspecified atom stereocenters. The van der Waals surface area contributed by atoms with Crippen LogP contribution in [0.4, 0.5) is 0 Å². The van der Waals surface area contributed by atoms with Crippen molar-refractivity contribution in [3.63, 3.8) is 0 Å². The van der Waals surface area contributed by atoms with E-state index < -0.39 is 5.41 Å². The minimum absolute atomic E-state index is 0.0305. The van der Waals surface area contributed by atoms with Crippen LogP contribution in [-0.4, -0.2) is 24.4 Å². The van der Waals surface area contributed by atoms with Gasteiger partial charge in [-0.25, -0.2) is 0 Å². The molecule has 2 amide bonds. The standard InChI is InChI=1S/C12H22N2O2/c1-4-12(2,3)11(16)14-9-7-5-6-8-13-10(9)15/h9H,4-8H2,1-3H3,(H,13,15)(H,14,16)/t9-/m0/s1. The highest BCUT2D eigenvalue weighted by atomic mass is 16.2. The van der Waals surface area contributed by atoms with Gasteiger partial charge in [0.2, 0.25) is 11.8 Å². The maximum absolute atomic E-state index is 11.9. The summed E-state index contributed by atoms with van der Waals surface area (Å²) in [5, 5.41) is 5.66. The van der Waals surface area contributed by atoms with Crippen molar-refractivity contribution in [2.45, 2.75) is 52.5 Å². The summed E-state index contributed by atoms with van der Waals surface area (Å²) >= 11 is 0. The molecular formula is C12H22N2O2. The summed E-state index contributed by atoms with van der Waals surface area (Å²) in [7, 11) is 0. The van der Waals surface area contributed by atoms with Crippen LogP contribution in [0.3, 0.4) is 0 Å². The first kappa shape index (κ1) is 13.0. The zero-order valence-corrected chi connectivity index (χ0v) is 10.4. The third-order valence-electron chi connectivity index (χ3n) is 3.34. The maximum Gasteiger partial charge on any atom is 0.242 e. The summed E-state index contributed by atoms with van der Waals surface area (Å²) in [6, 6.07) is -0.346. The fraction of sp³-hybridized carbons (Fsp3) is 0.833. The summed E-state index contributed by atoms with van der Waals surface area (Å²) < 4.78 is 0. The number of rotatable bonds is 3. The maximum atomic E-state index is 11.9. The largest absolute Gasteiger partial charge is 0.354 e. The van der Waals surface area contributed by atoms with Gasteiger partial charge in [0.1, 0.15) is 6.04 Å². The molecule has 16 heavy (non-hydrogen) atoms. The molecule has 1 atom stereocenters. The number of carbonyl (C=O) groups is 2. The number of amides is 2. The topological polar surface area (TPSA) is 58.2 Å². The van der Waals surface area contributed by atoms with Crippen LogP contribution in [-0.2, 0) is 9.59 Å². The van der Waals surface area contributed by atoms with E-state index in [0.29, 0.717) is 0 Å². The van der Waals surface area contributed by atoms with Crippen molar-refractivity contribution in [1.82, 2.24) is 10.6 Å². The van der Waals surface area contributed by atoms with Gasteiger partial charge in [0.15, 0.2) is 0 Å². The molecule has 0 aliphatic carbocycles. The van der Waals surface area contributed by atoms with E-state index in [1.807, 2.05) is 20.8 Å². The Balaban J connectivity index is 2.58. The van der Waals surface area contributed by atoms with Crippen LogP contribution in [0, 0.1) is 5.41 Å². The normalized spacial score (nSPS) is 22.2. The predicted molar refractivity (Wildman–Crippen MR) is 62.9 cm³/mol. The van der Waals surface area contributed by atoms with Crippen LogP contribution in [0.2, 0.25) is 0 Å². The highest BCUT2D eigenvalue weighted by molar-refractivity contribution is 5.89. The van der Waals surface area contributed by atoms with E-state index >= 15 is 0 Å². The third-order valence-corrected chi connectivity index (χ3v) is 3.34. The lowest BCUT2D eigenvalue weighted by Gasteiger charge is -2.24. The van der Waals surface area contributed by atoms with Crippen LogP contribution >= 0.6 is 0 Å². The van der Waals surface area contributed by atoms with Crippen molar-refractivity contribution in [3.05, 3.63) is 0 Å². The Kier molecular flexibility index (Phi) is 4.33. The first-order valence-electron chi connectivity index (χ1n) is 6.06. The lowest BCUT2D eigenvalue weighted by atomic mass is 9.89. The fourth-order valence-electron chi connectivity index (χ4n) is 1.59. The van der Waals surface area contributed by atoms with Gasteiger partial charge < -0.3 is 10.6 Å². The van der Waals surface area contributed by atoms with Crippen LogP contribution in [0.15, 0.2) is 0 Å². The molecule has 1 saturated heterocycles. The van der Waals surface area contributed by atoms with Crippen LogP contribution in [0.5, 0.6) is 0 Å². The second-order valence-electron chi connectivity index (χ2n) is 5.05. The van der Waals surface area contributed by atoms with Gasteiger partial charge in [-0.15, -0.1) is 0 Å². The molecule has 1 rings (SSSR count). The molecule has 1 fully saturated rings. The average molecular weight is 226 g/mol. The molecule has 2 N–H and O–H groups in total. The van der Waals surface area contributed by atoms with Crippen molar-refractivity contribution in [2.24, 2.45) is 5.41 Å². The van der Waals surface area contributed by atoms with Crippen molar-refractivity contribution in [2.75, 3.05) is 6.54 Å². The second-order valence-corrected chi connectivity index (χ2v) is 5.05. The van der Waals surface area contributed by atoms with Crippen molar-refractivity contribution < 1.29 is 9.59 Å². The molecule has 1 heterocycles. The Hall–Kier alpha value is -1.06.